The zero-order valence-electron chi connectivity index (χ0n) is 13.2. The van der Waals surface area contributed by atoms with Crippen molar-refractivity contribution in [1.29, 1.82) is 0 Å². The van der Waals surface area contributed by atoms with E-state index in [9.17, 15) is 15.0 Å². The van der Waals surface area contributed by atoms with Gasteiger partial charge in [-0.3, -0.25) is 9.36 Å². The molecule has 5 rings (SSSR count). The Balaban J connectivity index is 0.00000146. The van der Waals surface area contributed by atoms with E-state index >= 15 is 0 Å². The van der Waals surface area contributed by atoms with Crippen LogP contribution in [0.2, 0.25) is 0 Å². The number of rotatable bonds is 0. The lowest BCUT2D eigenvalue weighted by atomic mass is 9.61. The topological polar surface area (TPSA) is 88.5 Å². The summed E-state index contributed by atoms with van der Waals surface area (Å²) >= 11 is 0. The fourth-order valence-electron chi connectivity index (χ4n) is 5.39. The first kappa shape index (κ1) is 15.8. The summed E-state index contributed by atoms with van der Waals surface area (Å²) in [5.74, 6) is 0.976. The van der Waals surface area contributed by atoms with Crippen LogP contribution in [0.25, 0.3) is 10.9 Å². The predicted octanol–water partition coefficient (Wildman–Crippen LogP) is 2.90. The summed E-state index contributed by atoms with van der Waals surface area (Å²) in [4.78, 5) is 12.8. The van der Waals surface area contributed by atoms with Gasteiger partial charge in [0.2, 0.25) is 5.91 Å². The predicted molar refractivity (Wildman–Crippen MR) is 93.0 cm³/mol. The first-order valence-corrected chi connectivity index (χ1v) is 8.44. The van der Waals surface area contributed by atoms with Gasteiger partial charge in [0.05, 0.1) is 5.52 Å². The maximum Gasteiger partial charge on any atom is 0.231 e. The highest BCUT2D eigenvalue weighted by Gasteiger charge is 2.48. The molecule has 2 aromatic rings. The number of nitrogens with zero attached hydrogens (tertiary/aromatic N) is 1. The molecule has 0 amide bonds. The van der Waals surface area contributed by atoms with Crippen LogP contribution in [0.5, 0.6) is 11.5 Å². The van der Waals surface area contributed by atoms with Gasteiger partial charge in [0.25, 0.3) is 0 Å². The number of carbonyl (C=O) groups excluding carboxylic acids is 1. The Morgan fingerprint density at radius 1 is 1.12 bits per heavy atom. The molecule has 4 atom stereocenters. The first-order chi connectivity index (χ1) is 11.1. The summed E-state index contributed by atoms with van der Waals surface area (Å²) in [5.41, 5.74) is 9.41. The molecule has 1 aliphatic heterocycles. The highest BCUT2D eigenvalue weighted by atomic mass is 35.5. The van der Waals surface area contributed by atoms with Crippen molar-refractivity contribution >= 4 is 29.2 Å². The molecule has 1 aromatic heterocycles. The van der Waals surface area contributed by atoms with Crippen LogP contribution in [-0.2, 0) is 6.42 Å². The maximum atomic E-state index is 12.8. The van der Waals surface area contributed by atoms with Gasteiger partial charge in [0, 0.05) is 35.5 Å². The molecule has 1 fully saturated rings. The molecule has 4 N–H and O–H groups in total. The van der Waals surface area contributed by atoms with Crippen LogP contribution in [0.4, 0.5) is 0 Å². The quantitative estimate of drug-likeness (QED) is 0.639. The minimum atomic E-state index is -0.178. The Bertz CT molecular complexity index is 860. The van der Waals surface area contributed by atoms with E-state index in [4.69, 9.17) is 5.73 Å². The van der Waals surface area contributed by atoms with Crippen LogP contribution in [-0.4, -0.2) is 26.7 Å². The number of hydrogen-bond donors (Lipinski definition) is 3. The summed E-state index contributed by atoms with van der Waals surface area (Å²) < 4.78 is 1.80. The molecular formula is C18H21ClN2O3. The van der Waals surface area contributed by atoms with E-state index in [1.54, 1.807) is 10.6 Å². The second-order valence-electron chi connectivity index (χ2n) is 7.40. The number of nitrogens with two attached hydrogens (primary N) is 1. The van der Waals surface area contributed by atoms with Crippen LogP contribution in [0.15, 0.2) is 12.1 Å². The normalized spacial score (nSPS) is 30.8. The zero-order valence-corrected chi connectivity index (χ0v) is 14.1. The number of carbonyl (C=O) groups is 1. The largest absolute Gasteiger partial charge is 0.504 e. The van der Waals surface area contributed by atoms with Crippen LogP contribution in [0.1, 0.15) is 47.7 Å². The third-order valence-corrected chi connectivity index (χ3v) is 6.28. The summed E-state index contributed by atoms with van der Waals surface area (Å²) in [6.07, 6.45) is 4.69. The van der Waals surface area contributed by atoms with Crippen molar-refractivity contribution in [3.8, 4) is 11.5 Å². The van der Waals surface area contributed by atoms with E-state index in [1.165, 1.54) is 6.07 Å². The molecule has 1 saturated carbocycles. The molecule has 0 unspecified atom stereocenters. The van der Waals surface area contributed by atoms with Crippen molar-refractivity contribution in [3.05, 3.63) is 23.4 Å². The highest BCUT2D eigenvalue weighted by molar-refractivity contribution is 5.99. The Labute approximate surface area is 145 Å². The van der Waals surface area contributed by atoms with E-state index in [-0.39, 0.29) is 35.9 Å². The third kappa shape index (κ3) is 1.82. The van der Waals surface area contributed by atoms with Gasteiger partial charge in [-0.25, -0.2) is 0 Å². The monoisotopic (exact) mass is 348 g/mol. The van der Waals surface area contributed by atoms with E-state index < -0.39 is 0 Å². The number of halogens is 1. The molecule has 24 heavy (non-hydrogen) atoms. The number of aromatic nitrogens is 1. The van der Waals surface area contributed by atoms with E-state index in [0.717, 1.165) is 42.3 Å². The SMILES string of the molecule is Cl.N[C@@H]1Cc2c3n(c4cc(O)c(O)cc24)C(=O)C[C@H]2CCC[C@@H]1[C@@H]32. The van der Waals surface area contributed by atoms with Crippen LogP contribution >= 0.6 is 12.4 Å². The standard InChI is InChI=1S/C18H20N2O3.ClH/c19-12-5-11-10-6-14(21)15(22)7-13(10)20-16(23)4-8-2-1-3-9(12)17(8)18(11)20;/h6-9,12,17,21-22H,1-5,19H2;1H/t8-,9+,12-,17+;/m1./s1. The fraction of sp³-hybridized carbons (Fsp3) is 0.500. The number of aromatic hydroxyl groups is 2. The smallest absolute Gasteiger partial charge is 0.231 e. The van der Waals surface area contributed by atoms with Gasteiger partial charge in [-0.1, -0.05) is 6.42 Å². The Kier molecular flexibility index (Phi) is 3.38. The average molecular weight is 349 g/mol. The Morgan fingerprint density at radius 3 is 2.67 bits per heavy atom. The Morgan fingerprint density at radius 2 is 1.88 bits per heavy atom. The molecule has 0 radical (unpaired) electrons. The first-order valence-electron chi connectivity index (χ1n) is 8.44. The zero-order chi connectivity index (χ0) is 15.9. The van der Waals surface area contributed by atoms with Gasteiger partial charge in [-0.2, -0.15) is 0 Å². The van der Waals surface area contributed by atoms with Crippen LogP contribution in [0.3, 0.4) is 0 Å². The van der Waals surface area contributed by atoms with Crippen molar-refractivity contribution in [1.82, 2.24) is 4.57 Å². The van der Waals surface area contributed by atoms with Crippen molar-refractivity contribution < 1.29 is 15.0 Å². The second kappa shape index (κ2) is 5.14. The van der Waals surface area contributed by atoms with E-state index in [1.807, 2.05) is 0 Å². The lowest BCUT2D eigenvalue weighted by molar-refractivity contribution is 0.0748. The van der Waals surface area contributed by atoms with Gasteiger partial charge < -0.3 is 15.9 Å². The fourth-order valence-corrected chi connectivity index (χ4v) is 5.39. The molecule has 2 aliphatic carbocycles. The van der Waals surface area contributed by atoms with Crippen molar-refractivity contribution in [2.75, 3.05) is 0 Å². The molecule has 2 heterocycles. The van der Waals surface area contributed by atoms with Gasteiger partial charge in [0.15, 0.2) is 11.5 Å². The van der Waals surface area contributed by atoms with Crippen LogP contribution in [0, 0.1) is 11.8 Å². The summed E-state index contributed by atoms with van der Waals surface area (Å²) in [6, 6.07) is 3.21. The maximum absolute atomic E-state index is 12.8. The number of fused-ring (bicyclic) bond motifs is 3. The minimum absolute atomic E-state index is 0. The van der Waals surface area contributed by atoms with E-state index in [2.05, 4.69) is 0 Å². The number of hydrogen-bond acceptors (Lipinski definition) is 4. The van der Waals surface area contributed by atoms with Gasteiger partial charge in [-0.15, -0.1) is 12.4 Å². The van der Waals surface area contributed by atoms with Crippen molar-refractivity contribution in [2.45, 2.75) is 44.1 Å². The van der Waals surface area contributed by atoms with Gasteiger partial charge in [0.1, 0.15) is 0 Å². The summed E-state index contributed by atoms with van der Waals surface area (Å²) in [6.45, 7) is 0. The number of phenols is 2. The molecule has 0 bridgehead atoms. The lowest BCUT2D eigenvalue weighted by Crippen LogP contribution is -2.47. The molecule has 0 spiro atoms. The minimum Gasteiger partial charge on any atom is -0.504 e. The van der Waals surface area contributed by atoms with E-state index in [0.29, 0.717) is 29.7 Å². The highest BCUT2D eigenvalue weighted by Crippen LogP contribution is 2.54. The number of benzene rings is 1. The molecule has 128 valence electrons. The molecule has 3 aliphatic rings. The lowest BCUT2D eigenvalue weighted by Gasteiger charge is -2.47. The van der Waals surface area contributed by atoms with Gasteiger partial charge >= 0.3 is 0 Å². The molecule has 1 aromatic carbocycles. The molecular weight excluding hydrogens is 328 g/mol. The van der Waals surface area contributed by atoms with Crippen molar-refractivity contribution in [2.24, 2.45) is 17.6 Å². The third-order valence-electron chi connectivity index (χ3n) is 6.28. The summed E-state index contributed by atoms with van der Waals surface area (Å²) in [5, 5.41) is 20.6. The van der Waals surface area contributed by atoms with Gasteiger partial charge in [-0.05, 0) is 42.7 Å². The molecule has 0 saturated heterocycles. The van der Waals surface area contributed by atoms with Crippen LogP contribution < -0.4 is 5.73 Å². The average Bonchev–Trinajstić information content (AvgIpc) is 2.82. The molecule has 5 nitrogen and oxygen atoms in total. The second-order valence-corrected chi connectivity index (χ2v) is 7.40. The molecule has 6 heteroatoms. The van der Waals surface area contributed by atoms with Crippen molar-refractivity contribution in [3.63, 3.8) is 0 Å². The Hall–Kier alpha value is -1.72. The summed E-state index contributed by atoms with van der Waals surface area (Å²) in [7, 11) is 0. The number of phenolic OH excluding ortho intramolecular Hbond substituents is 2.